The first-order valence-electron chi connectivity index (χ1n) is 8.78. The van der Waals surface area contributed by atoms with Crippen LogP contribution in [0.2, 0.25) is 0 Å². The Morgan fingerprint density at radius 3 is 1.79 bits per heavy atom. The van der Waals surface area contributed by atoms with Gasteiger partial charge in [-0.15, -0.1) is 0 Å². The molecule has 0 saturated heterocycles. The highest BCUT2D eigenvalue weighted by Crippen LogP contribution is 2.37. The van der Waals surface area contributed by atoms with Crippen molar-refractivity contribution < 1.29 is 17.9 Å². The number of hydrogen-bond acceptors (Lipinski definition) is 6. The average Bonchev–Trinajstić information content (AvgIpc) is 2.61. The average molecular weight is 398 g/mol. The summed E-state index contributed by atoms with van der Waals surface area (Å²) in [5, 5.41) is 18.7. The Bertz CT molecular complexity index is 1040. The predicted molar refractivity (Wildman–Crippen MR) is 104 cm³/mol. The van der Waals surface area contributed by atoms with Crippen LogP contribution in [0.1, 0.15) is 44.4 Å². The lowest BCUT2D eigenvalue weighted by Gasteiger charge is -2.20. The molecule has 0 aliphatic heterocycles. The Hall–Kier alpha value is -3.03. The highest BCUT2D eigenvalue weighted by molar-refractivity contribution is 7.91. The van der Waals surface area contributed by atoms with Gasteiger partial charge in [0.1, 0.15) is 17.0 Å². The van der Waals surface area contributed by atoms with Gasteiger partial charge in [-0.2, -0.15) is 10.5 Å². The molecule has 0 spiro atoms. The van der Waals surface area contributed by atoms with E-state index < -0.39 is 9.84 Å². The molecule has 2 aromatic rings. The summed E-state index contributed by atoms with van der Waals surface area (Å²) in [6, 6.07) is 11.0. The van der Waals surface area contributed by atoms with Crippen LogP contribution in [0.4, 0.5) is 0 Å². The number of nitriles is 2. The van der Waals surface area contributed by atoms with E-state index in [1.54, 1.807) is 13.0 Å². The zero-order valence-electron chi connectivity index (χ0n) is 16.5. The van der Waals surface area contributed by atoms with Gasteiger partial charge >= 0.3 is 0 Å². The maximum absolute atomic E-state index is 13.4. The molecular formula is C21H22N2O4S. The molecule has 0 bridgehead atoms. The summed E-state index contributed by atoms with van der Waals surface area (Å²) in [5.41, 5.74) is 0.281. The van der Waals surface area contributed by atoms with E-state index in [2.05, 4.69) is 0 Å². The molecule has 28 heavy (non-hydrogen) atoms. The van der Waals surface area contributed by atoms with Crippen molar-refractivity contribution in [1.29, 1.82) is 10.5 Å². The second-order valence-electron chi connectivity index (χ2n) is 6.81. The van der Waals surface area contributed by atoms with E-state index in [4.69, 9.17) is 9.47 Å². The van der Waals surface area contributed by atoms with Gasteiger partial charge in [-0.25, -0.2) is 8.42 Å². The lowest BCUT2D eigenvalue weighted by atomic mass is 10.1. The quantitative estimate of drug-likeness (QED) is 0.725. The van der Waals surface area contributed by atoms with Gasteiger partial charge in [-0.1, -0.05) is 6.07 Å². The molecule has 0 aliphatic rings. The molecule has 0 heterocycles. The molecule has 0 radical (unpaired) electrons. The third kappa shape index (κ3) is 4.27. The van der Waals surface area contributed by atoms with E-state index >= 15 is 0 Å². The fourth-order valence-electron chi connectivity index (χ4n) is 2.74. The molecular weight excluding hydrogens is 376 g/mol. The Labute approximate surface area is 165 Å². The van der Waals surface area contributed by atoms with Gasteiger partial charge in [-0.05, 0) is 58.4 Å². The molecule has 7 heteroatoms. The van der Waals surface area contributed by atoms with Crippen LogP contribution < -0.4 is 9.47 Å². The fourth-order valence-corrected chi connectivity index (χ4v) is 4.51. The van der Waals surface area contributed by atoms with Crippen molar-refractivity contribution in [2.24, 2.45) is 0 Å². The maximum Gasteiger partial charge on any atom is 0.209 e. The number of rotatable bonds is 6. The van der Waals surface area contributed by atoms with Crippen LogP contribution in [0, 0.1) is 29.6 Å². The van der Waals surface area contributed by atoms with Crippen LogP contribution >= 0.6 is 0 Å². The summed E-state index contributed by atoms with van der Waals surface area (Å²) in [7, 11) is -4.14. The number of hydrogen-bond donors (Lipinski definition) is 0. The Morgan fingerprint density at radius 2 is 1.36 bits per heavy atom. The summed E-state index contributed by atoms with van der Waals surface area (Å²) in [6.45, 7) is 9.02. The molecule has 2 rings (SSSR count). The Kier molecular flexibility index (Phi) is 6.33. The highest BCUT2D eigenvalue weighted by Gasteiger charge is 2.28. The van der Waals surface area contributed by atoms with Gasteiger partial charge in [-0.3, -0.25) is 0 Å². The third-order valence-corrected chi connectivity index (χ3v) is 5.78. The standard InChI is InChI=1S/C21H22N2O4S/c1-13(2)26-18-9-15(5)20(10-19(18)27-14(3)4)28(24,25)21-16(11-22)7-6-8-17(21)12-23/h6-10,13-14H,1-5H3. The molecule has 0 amide bonds. The third-order valence-electron chi connectivity index (χ3n) is 3.78. The van der Waals surface area contributed by atoms with Crippen molar-refractivity contribution in [1.82, 2.24) is 0 Å². The van der Waals surface area contributed by atoms with Crippen LogP contribution in [0.15, 0.2) is 40.1 Å². The van der Waals surface area contributed by atoms with Gasteiger partial charge in [0, 0.05) is 6.07 Å². The lowest BCUT2D eigenvalue weighted by Crippen LogP contribution is -2.13. The number of nitrogens with zero attached hydrogens (tertiary/aromatic N) is 2. The Morgan fingerprint density at radius 1 is 0.893 bits per heavy atom. The van der Waals surface area contributed by atoms with Crippen LogP contribution in [-0.4, -0.2) is 20.6 Å². The van der Waals surface area contributed by atoms with E-state index in [0.29, 0.717) is 17.1 Å². The second kappa shape index (κ2) is 8.33. The van der Waals surface area contributed by atoms with Gasteiger partial charge in [0.25, 0.3) is 0 Å². The minimum absolute atomic E-state index is 0.0292. The maximum atomic E-state index is 13.4. The van der Waals surface area contributed by atoms with Gasteiger partial charge in [0.2, 0.25) is 9.84 Å². The SMILES string of the molecule is Cc1cc(OC(C)C)c(OC(C)C)cc1S(=O)(=O)c1c(C#N)cccc1C#N. The molecule has 0 aromatic heterocycles. The van der Waals surface area contributed by atoms with Crippen molar-refractivity contribution in [3.63, 3.8) is 0 Å². The Balaban J connectivity index is 2.78. The minimum Gasteiger partial charge on any atom is -0.487 e. The molecule has 146 valence electrons. The molecule has 0 fully saturated rings. The predicted octanol–water partition coefficient (Wildman–Crippen LogP) is 4.15. The van der Waals surface area contributed by atoms with E-state index in [1.807, 2.05) is 39.8 Å². The molecule has 0 unspecified atom stereocenters. The first kappa shape index (κ1) is 21.3. The van der Waals surface area contributed by atoms with Crippen molar-refractivity contribution >= 4 is 9.84 Å². The summed E-state index contributed by atoms with van der Waals surface area (Å²) in [4.78, 5) is -0.324. The van der Waals surface area contributed by atoms with Crippen molar-refractivity contribution in [3.05, 3.63) is 47.0 Å². The molecule has 6 nitrogen and oxygen atoms in total. The first-order valence-corrected chi connectivity index (χ1v) is 10.3. The van der Waals surface area contributed by atoms with Crippen molar-refractivity contribution in [2.75, 3.05) is 0 Å². The number of sulfone groups is 1. The first-order chi connectivity index (χ1) is 13.1. The van der Waals surface area contributed by atoms with Gasteiger partial charge in [0.15, 0.2) is 11.5 Å². The van der Waals surface area contributed by atoms with Crippen LogP contribution in [-0.2, 0) is 9.84 Å². The second-order valence-corrected chi connectivity index (χ2v) is 8.66. The van der Waals surface area contributed by atoms with Crippen molar-refractivity contribution in [2.45, 2.75) is 56.6 Å². The lowest BCUT2D eigenvalue weighted by molar-refractivity contribution is 0.198. The number of aryl methyl sites for hydroxylation is 1. The summed E-state index contributed by atoms with van der Waals surface area (Å²) < 4.78 is 38.3. The van der Waals surface area contributed by atoms with Crippen LogP contribution in [0.25, 0.3) is 0 Å². The number of ether oxygens (including phenoxy) is 2. The van der Waals surface area contributed by atoms with E-state index in [0.717, 1.165) is 0 Å². The summed E-state index contributed by atoms with van der Waals surface area (Å²) in [6.07, 6.45) is -0.324. The normalized spacial score (nSPS) is 11.2. The zero-order valence-corrected chi connectivity index (χ0v) is 17.3. The van der Waals surface area contributed by atoms with Gasteiger partial charge < -0.3 is 9.47 Å². The zero-order chi connectivity index (χ0) is 21.1. The van der Waals surface area contributed by atoms with Crippen LogP contribution in [0.5, 0.6) is 11.5 Å². The summed E-state index contributed by atoms with van der Waals surface area (Å²) >= 11 is 0. The fraction of sp³-hybridized carbons (Fsp3) is 0.333. The molecule has 0 atom stereocenters. The van der Waals surface area contributed by atoms with E-state index in [-0.39, 0.29) is 33.1 Å². The molecule has 0 aliphatic carbocycles. The largest absolute Gasteiger partial charge is 0.487 e. The smallest absolute Gasteiger partial charge is 0.209 e. The van der Waals surface area contributed by atoms with E-state index in [1.165, 1.54) is 24.3 Å². The van der Waals surface area contributed by atoms with Crippen molar-refractivity contribution in [3.8, 4) is 23.6 Å². The summed E-state index contributed by atoms with van der Waals surface area (Å²) in [5.74, 6) is 0.732. The minimum atomic E-state index is -4.14. The molecule has 0 N–H and O–H groups in total. The van der Waals surface area contributed by atoms with Gasteiger partial charge in [0.05, 0.1) is 28.2 Å². The molecule has 0 saturated carbocycles. The molecule has 2 aromatic carbocycles. The monoisotopic (exact) mass is 398 g/mol. The highest BCUT2D eigenvalue weighted by atomic mass is 32.2. The van der Waals surface area contributed by atoms with E-state index in [9.17, 15) is 18.9 Å². The number of benzene rings is 2. The topological polar surface area (TPSA) is 100 Å². The van der Waals surface area contributed by atoms with Crippen LogP contribution in [0.3, 0.4) is 0 Å².